The summed E-state index contributed by atoms with van der Waals surface area (Å²) in [6, 6.07) is 8.87. The van der Waals surface area contributed by atoms with Crippen LogP contribution >= 0.6 is 11.8 Å². The van der Waals surface area contributed by atoms with E-state index in [-0.39, 0.29) is 11.1 Å². The number of hydrogen-bond acceptors (Lipinski definition) is 3. The van der Waals surface area contributed by atoms with Crippen LogP contribution in [0.1, 0.15) is 27.2 Å². The molecule has 0 radical (unpaired) electrons. The van der Waals surface area contributed by atoms with Crippen LogP contribution in [0, 0.1) is 11.8 Å². The number of thioether (sulfide) groups is 1. The second-order valence-electron chi connectivity index (χ2n) is 7.94. The van der Waals surface area contributed by atoms with Crippen LogP contribution < -0.4 is 0 Å². The van der Waals surface area contributed by atoms with Crippen molar-refractivity contribution in [1.82, 2.24) is 14.5 Å². The fourth-order valence-corrected chi connectivity index (χ4v) is 4.90. The lowest BCUT2D eigenvalue weighted by atomic mass is 9.92. The molecular formula is C21H26F3N3OS. The molecule has 1 saturated heterocycles. The maximum Gasteiger partial charge on any atom is 0.406 e. The normalized spacial score (nSPS) is 21.2. The number of imidazole rings is 1. The van der Waals surface area contributed by atoms with Crippen LogP contribution in [0.2, 0.25) is 0 Å². The Kier molecular flexibility index (Phi) is 6.61. The van der Waals surface area contributed by atoms with Crippen molar-refractivity contribution in [2.45, 2.75) is 50.3 Å². The lowest BCUT2D eigenvalue weighted by Crippen LogP contribution is -2.45. The third-order valence-corrected chi connectivity index (χ3v) is 6.13. The van der Waals surface area contributed by atoms with Crippen LogP contribution in [0.4, 0.5) is 13.2 Å². The van der Waals surface area contributed by atoms with Crippen LogP contribution in [0.5, 0.6) is 0 Å². The summed E-state index contributed by atoms with van der Waals surface area (Å²) < 4.78 is 40.9. The van der Waals surface area contributed by atoms with Gasteiger partial charge in [-0.1, -0.05) is 55.9 Å². The number of carbonyl (C=O) groups is 1. The van der Waals surface area contributed by atoms with Crippen molar-refractivity contribution in [2.75, 3.05) is 13.1 Å². The van der Waals surface area contributed by atoms with E-state index in [2.05, 4.69) is 18.8 Å². The van der Waals surface area contributed by atoms with Crippen molar-refractivity contribution >= 4 is 17.7 Å². The number of hydrogen-bond donors (Lipinski definition) is 0. The molecule has 1 aromatic carbocycles. The summed E-state index contributed by atoms with van der Waals surface area (Å²) in [7, 11) is 0. The molecule has 0 aliphatic carbocycles. The highest BCUT2D eigenvalue weighted by molar-refractivity contribution is 8.00. The van der Waals surface area contributed by atoms with Gasteiger partial charge < -0.3 is 9.47 Å². The molecule has 3 unspecified atom stereocenters. The molecule has 3 atom stereocenters. The highest BCUT2D eigenvalue weighted by Gasteiger charge is 2.33. The Hall–Kier alpha value is -1.96. The number of piperidine rings is 1. The average molecular weight is 426 g/mol. The molecule has 4 nitrogen and oxygen atoms in total. The summed E-state index contributed by atoms with van der Waals surface area (Å²) in [5, 5.41) is -0.300. The van der Waals surface area contributed by atoms with Gasteiger partial charge in [0.25, 0.3) is 0 Å². The van der Waals surface area contributed by atoms with Gasteiger partial charge in [-0.3, -0.25) is 4.79 Å². The van der Waals surface area contributed by atoms with Crippen molar-refractivity contribution in [3.05, 3.63) is 36.5 Å². The first-order valence-electron chi connectivity index (χ1n) is 9.77. The number of likely N-dealkylation sites (tertiary alicyclic amines) is 1. The summed E-state index contributed by atoms with van der Waals surface area (Å²) in [5.74, 6) is 0.810. The zero-order valence-corrected chi connectivity index (χ0v) is 17.6. The molecule has 2 aromatic rings. The van der Waals surface area contributed by atoms with Gasteiger partial charge in [0.15, 0.2) is 5.16 Å². The SMILES string of the molecule is CC1CC(C)CN(C(=O)C(C)Sc2ncc(-c3ccccc3)n2CC(F)(F)F)C1. The lowest BCUT2D eigenvalue weighted by molar-refractivity contribution is -0.141. The molecule has 2 heterocycles. The number of alkyl halides is 3. The van der Waals surface area contributed by atoms with Crippen molar-refractivity contribution < 1.29 is 18.0 Å². The van der Waals surface area contributed by atoms with E-state index in [1.54, 1.807) is 31.2 Å². The maximum absolute atomic E-state index is 13.2. The van der Waals surface area contributed by atoms with Gasteiger partial charge in [0.1, 0.15) is 6.54 Å². The Morgan fingerprint density at radius 1 is 1.21 bits per heavy atom. The molecule has 1 amide bonds. The minimum Gasteiger partial charge on any atom is -0.341 e. The number of carbonyl (C=O) groups excluding carboxylic acids is 1. The largest absolute Gasteiger partial charge is 0.406 e. The number of amides is 1. The Labute approximate surface area is 173 Å². The van der Waals surface area contributed by atoms with E-state index in [9.17, 15) is 18.0 Å². The van der Waals surface area contributed by atoms with Gasteiger partial charge in [0.05, 0.1) is 17.1 Å². The molecule has 1 aliphatic rings. The minimum atomic E-state index is -4.38. The fourth-order valence-electron chi connectivity index (χ4n) is 3.93. The third kappa shape index (κ3) is 5.56. The number of nitrogens with zero attached hydrogens (tertiary/aromatic N) is 3. The first kappa shape index (κ1) is 21.7. The van der Waals surface area contributed by atoms with E-state index < -0.39 is 18.0 Å². The van der Waals surface area contributed by atoms with Gasteiger partial charge >= 0.3 is 6.18 Å². The molecule has 29 heavy (non-hydrogen) atoms. The fraction of sp³-hybridized carbons (Fsp3) is 0.524. The van der Waals surface area contributed by atoms with Gasteiger partial charge in [-0.25, -0.2) is 4.98 Å². The van der Waals surface area contributed by atoms with Gasteiger partial charge in [0.2, 0.25) is 5.91 Å². The molecule has 1 aliphatic heterocycles. The highest BCUT2D eigenvalue weighted by Crippen LogP contribution is 2.33. The predicted octanol–water partition coefficient (Wildman–Crippen LogP) is 5.10. The van der Waals surface area contributed by atoms with E-state index in [0.29, 0.717) is 36.2 Å². The number of rotatable bonds is 5. The first-order valence-corrected chi connectivity index (χ1v) is 10.6. The van der Waals surface area contributed by atoms with E-state index in [4.69, 9.17) is 0 Å². The number of benzene rings is 1. The standard InChI is InChI=1S/C21H26F3N3OS/c1-14-9-15(2)12-26(11-14)19(28)16(3)29-20-25-10-18(17-7-5-4-6-8-17)27(20)13-21(22,23)24/h4-8,10,14-16H,9,11-13H2,1-3H3. The van der Waals surface area contributed by atoms with Gasteiger partial charge in [-0.15, -0.1) is 0 Å². The van der Waals surface area contributed by atoms with Crippen molar-refractivity contribution in [2.24, 2.45) is 11.8 Å². The Morgan fingerprint density at radius 3 is 2.41 bits per heavy atom. The van der Waals surface area contributed by atoms with Crippen molar-refractivity contribution in [3.63, 3.8) is 0 Å². The molecule has 1 fully saturated rings. The van der Waals surface area contributed by atoms with Crippen molar-refractivity contribution in [3.8, 4) is 11.3 Å². The van der Waals surface area contributed by atoms with E-state index in [0.717, 1.165) is 22.7 Å². The zero-order chi connectivity index (χ0) is 21.2. The summed E-state index contributed by atoms with van der Waals surface area (Å²) in [4.78, 5) is 19.0. The van der Waals surface area contributed by atoms with Crippen LogP contribution in [0.15, 0.2) is 41.7 Å². The van der Waals surface area contributed by atoms with E-state index in [1.807, 2.05) is 11.0 Å². The van der Waals surface area contributed by atoms with Gasteiger partial charge in [-0.05, 0) is 30.7 Å². The number of aromatic nitrogens is 2. The van der Waals surface area contributed by atoms with Crippen molar-refractivity contribution in [1.29, 1.82) is 0 Å². The second kappa shape index (κ2) is 8.81. The topological polar surface area (TPSA) is 38.1 Å². The highest BCUT2D eigenvalue weighted by atomic mass is 32.2. The molecule has 0 bridgehead atoms. The van der Waals surface area contributed by atoms with Crippen LogP contribution in [0.3, 0.4) is 0 Å². The minimum absolute atomic E-state index is 0.0452. The van der Waals surface area contributed by atoms with Gasteiger partial charge in [0, 0.05) is 13.1 Å². The van der Waals surface area contributed by atoms with Crippen LogP contribution in [0.25, 0.3) is 11.3 Å². The summed E-state index contributed by atoms with van der Waals surface area (Å²) >= 11 is 1.09. The molecule has 158 valence electrons. The lowest BCUT2D eigenvalue weighted by Gasteiger charge is -2.36. The molecular weight excluding hydrogens is 399 g/mol. The molecule has 3 rings (SSSR count). The number of halogens is 3. The second-order valence-corrected chi connectivity index (χ2v) is 9.25. The van der Waals surface area contributed by atoms with E-state index in [1.165, 1.54) is 6.20 Å². The Morgan fingerprint density at radius 2 is 1.83 bits per heavy atom. The average Bonchev–Trinajstić information content (AvgIpc) is 3.01. The summed E-state index contributed by atoms with van der Waals surface area (Å²) in [6.07, 6.45) is -1.85. The van der Waals surface area contributed by atoms with E-state index >= 15 is 0 Å². The molecule has 0 spiro atoms. The van der Waals surface area contributed by atoms with Crippen LogP contribution in [-0.4, -0.2) is 44.9 Å². The summed E-state index contributed by atoms with van der Waals surface area (Å²) in [5.41, 5.74) is 1.05. The molecule has 0 saturated carbocycles. The monoisotopic (exact) mass is 425 g/mol. The molecule has 8 heteroatoms. The predicted molar refractivity (Wildman–Crippen MR) is 109 cm³/mol. The quantitative estimate of drug-likeness (QED) is 0.626. The summed E-state index contributed by atoms with van der Waals surface area (Å²) in [6.45, 7) is 6.23. The first-order chi connectivity index (χ1) is 13.6. The third-order valence-electron chi connectivity index (χ3n) is 5.04. The Balaban J connectivity index is 1.82. The molecule has 0 N–H and O–H groups in total. The maximum atomic E-state index is 13.2. The zero-order valence-electron chi connectivity index (χ0n) is 16.8. The smallest absolute Gasteiger partial charge is 0.341 e. The Bertz CT molecular complexity index is 827. The van der Waals surface area contributed by atoms with Crippen LogP contribution in [-0.2, 0) is 11.3 Å². The molecule has 1 aromatic heterocycles. The van der Waals surface area contributed by atoms with Gasteiger partial charge in [-0.2, -0.15) is 13.2 Å².